The van der Waals surface area contributed by atoms with Gasteiger partial charge in [0.25, 0.3) is 0 Å². The van der Waals surface area contributed by atoms with Gasteiger partial charge in [-0.3, -0.25) is 9.48 Å². The summed E-state index contributed by atoms with van der Waals surface area (Å²) in [7, 11) is 0. The number of hydrogen-bond acceptors (Lipinski definition) is 4. The first-order valence-corrected chi connectivity index (χ1v) is 8.94. The molecule has 116 valence electrons. The molecule has 6 heteroatoms. The van der Waals surface area contributed by atoms with Crippen LogP contribution in [-0.4, -0.2) is 32.4 Å². The minimum Gasteiger partial charge on any atom is -0.465 e. The van der Waals surface area contributed by atoms with Crippen molar-refractivity contribution in [1.29, 1.82) is 0 Å². The minimum atomic E-state index is -0.508. The molecule has 1 aromatic heterocycles. The Morgan fingerprint density at radius 3 is 2.86 bits per heavy atom. The van der Waals surface area contributed by atoms with Crippen LogP contribution in [0.2, 0.25) is 0 Å². The highest BCUT2D eigenvalue weighted by Crippen LogP contribution is 2.68. The van der Waals surface area contributed by atoms with Gasteiger partial charge in [0.05, 0.1) is 18.4 Å². The maximum atomic E-state index is 12.5. The van der Waals surface area contributed by atoms with E-state index in [9.17, 15) is 4.79 Å². The number of carbonyl (C=O) groups is 1. The molecule has 3 fully saturated rings. The van der Waals surface area contributed by atoms with Gasteiger partial charge in [0, 0.05) is 22.2 Å². The van der Waals surface area contributed by atoms with Gasteiger partial charge in [-0.1, -0.05) is 22.6 Å². The van der Waals surface area contributed by atoms with E-state index in [1.165, 1.54) is 0 Å². The summed E-state index contributed by atoms with van der Waals surface area (Å²) < 4.78 is 14.4. The largest absolute Gasteiger partial charge is 0.465 e. The maximum Gasteiger partial charge on any atom is 0.315 e. The molecule has 1 unspecified atom stereocenters. The Morgan fingerprint density at radius 1 is 1.62 bits per heavy atom. The predicted molar refractivity (Wildman–Crippen MR) is 86.4 cm³/mol. The van der Waals surface area contributed by atoms with E-state index in [4.69, 9.17) is 9.47 Å². The number of hydrogen-bond donors (Lipinski definition) is 0. The molecule has 2 aliphatic heterocycles. The second-order valence-corrected chi connectivity index (χ2v) is 7.15. The van der Waals surface area contributed by atoms with E-state index in [0.29, 0.717) is 12.6 Å². The van der Waals surface area contributed by atoms with Crippen molar-refractivity contribution in [2.75, 3.05) is 11.0 Å². The van der Waals surface area contributed by atoms with Crippen LogP contribution in [0.1, 0.15) is 51.3 Å². The molecule has 2 bridgehead atoms. The lowest BCUT2D eigenvalue weighted by molar-refractivity contribution is -0.161. The quantitative estimate of drug-likeness (QED) is 0.430. The maximum absolute atomic E-state index is 12.5. The molecule has 1 atom stereocenters. The van der Waals surface area contributed by atoms with E-state index in [2.05, 4.69) is 41.5 Å². The molecule has 0 aromatic carbocycles. The molecule has 1 aromatic rings. The fourth-order valence-electron chi connectivity index (χ4n) is 3.54. The molecular formula is C15H21IN2O3. The number of alkyl halides is 1. The van der Waals surface area contributed by atoms with Crippen LogP contribution >= 0.6 is 22.6 Å². The fourth-order valence-corrected chi connectivity index (χ4v) is 4.26. The van der Waals surface area contributed by atoms with Crippen molar-refractivity contribution >= 4 is 28.6 Å². The highest BCUT2D eigenvalue weighted by atomic mass is 127. The smallest absolute Gasteiger partial charge is 0.315 e. The lowest BCUT2D eigenvalue weighted by Crippen LogP contribution is -2.50. The third kappa shape index (κ3) is 2.21. The summed E-state index contributed by atoms with van der Waals surface area (Å²) in [5.41, 5.74) is 0.324. The number of esters is 1. The van der Waals surface area contributed by atoms with Crippen molar-refractivity contribution in [3.8, 4) is 0 Å². The SMILES string of the molecule is CCOC(=O)C12CC(CI)(C1)OC2c1cnn(C(C)C)c1. The number of nitrogens with zero attached hydrogens (tertiary/aromatic N) is 2. The third-order valence-electron chi connectivity index (χ3n) is 4.52. The second-order valence-electron chi connectivity index (χ2n) is 6.39. The molecule has 3 heterocycles. The van der Waals surface area contributed by atoms with Crippen molar-refractivity contribution in [3.05, 3.63) is 18.0 Å². The molecule has 2 saturated heterocycles. The number of carbonyl (C=O) groups excluding carboxylic acids is 1. The van der Waals surface area contributed by atoms with Crippen LogP contribution in [0.15, 0.2) is 12.4 Å². The molecule has 0 radical (unpaired) electrons. The summed E-state index contributed by atoms with van der Waals surface area (Å²) in [5, 5.41) is 4.38. The molecule has 0 amide bonds. The highest BCUT2D eigenvalue weighted by Gasteiger charge is 2.72. The zero-order valence-electron chi connectivity index (χ0n) is 12.6. The summed E-state index contributed by atoms with van der Waals surface area (Å²) in [6, 6.07) is 0.298. The Kier molecular flexibility index (Phi) is 3.80. The molecule has 0 spiro atoms. The summed E-state index contributed by atoms with van der Waals surface area (Å²) in [5.74, 6) is -0.120. The number of ether oxygens (including phenoxy) is 2. The molecule has 21 heavy (non-hydrogen) atoms. The molecule has 0 N–H and O–H groups in total. The Bertz CT molecular complexity index is 549. The second kappa shape index (κ2) is 5.22. The van der Waals surface area contributed by atoms with E-state index in [1.807, 2.05) is 24.0 Å². The number of fused-ring (bicyclic) bond motifs is 1. The van der Waals surface area contributed by atoms with Gasteiger partial charge in [-0.2, -0.15) is 5.10 Å². The Labute approximate surface area is 138 Å². The van der Waals surface area contributed by atoms with Crippen molar-refractivity contribution in [2.24, 2.45) is 5.41 Å². The van der Waals surface area contributed by atoms with Gasteiger partial charge < -0.3 is 9.47 Å². The van der Waals surface area contributed by atoms with E-state index < -0.39 is 5.41 Å². The summed E-state index contributed by atoms with van der Waals surface area (Å²) in [6.45, 7) is 6.43. The van der Waals surface area contributed by atoms with E-state index in [0.717, 1.165) is 22.8 Å². The van der Waals surface area contributed by atoms with Crippen LogP contribution in [0.5, 0.6) is 0 Å². The van der Waals surface area contributed by atoms with Crippen molar-refractivity contribution in [3.63, 3.8) is 0 Å². The number of aromatic nitrogens is 2. The molecule has 1 saturated carbocycles. The van der Waals surface area contributed by atoms with Gasteiger partial charge in [-0.15, -0.1) is 0 Å². The molecule has 5 nitrogen and oxygen atoms in total. The lowest BCUT2D eigenvalue weighted by atomic mass is 9.60. The van der Waals surface area contributed by atoms with Gasteiger partial charge in [0.1, 0.15) is 11.5 Å². The van der Waals surface area contributed by atoms with Crippen molar-refractivity contribution < 1.29 is 14.3 Å². The average molecular weight is 404 g/mol. The van der Waals surface area contributed by atoms with Gasteiger partial charge in [0.15, 0.2) is 0 Å². The molecular weight excluding hydrogens is 383 g/mol. The normalized spacial score (nSPS) is 34.0. The van der Waals surface area contributed by atoms with Crippen LogP contribution in [0, 0.1) is 5.41 Å². The lowest BCUT2D eigenvalue weighted by Gasteiger charge is -2.42. The zero-order valence-corrected chi connectivity index (χ0v) is 14.8. The van der Waals surface area contributed by atoms with Crippen molar-refractivity contribution in [2.45, 2.75) is 51.4 Å². The van der Waals surface area contributed by atoms with Crippen molar-refractivity contribution in [1.82, 2.24) is 9.78 Å². The Hall–Kier alpha value is -0.630. The average Bonchev–Trinajstić information content (AvgIpc) is 3.08. The van der Waals surface area contributed by atoms with Gasteiger partial charge in [-0.25, -0.2) is 0 Å². The molecule has 4 rings (SSSR count). The van der Waals surface area contributed by atoms with Gasteiger partial charge in [-0.05, 0) is 33.6 Å². The van der Waals surface area contributed by atoms with E-state index in [1.54, 1.807) is 0 Å². The Balaban J connectivity index is 1.90. The Morgan fingerprint density at radius 2 is 2.33 bits per heavy atom. The van der Waals surface area contributed by atoms with Crippen LogP contribution in [-0.2, 0) is 14.3 Å². The van der Waals surface area contributed by atoms with Crippen LogP contribution in [0.4, 0.5) is 0 Å². The highest BCUT2D eigenvalue weighted by molar-refractivity contribution is 14.1. The fraction of sp³-hybridized carbons (Fsp3) is 0.733. The van der Waals surface area contributed by atoms with Gasteiger partial charge >= 0.3 is 5.97 Å². The monoisotopic (exact) mass is 404 g/mol. The summed E-state index contributed by atoms with van der Waals surface area (Å²) in [4.78, 5) is 12.5. The first kappa shape index (κ1) is 15.3. The first-order valence-electron chi connectivity index (χ1n) is 7.41. The van der Waals surface area contributed by atoms with Crippen LogP contribution in [0.3, 0.4) is 0 Å². The zero-order chi connectivity index (χ0) is 15.3. The van der Waals surface area contributed by atoms with Crippen LogP contribution < -0.4 is 0 Å². The third-order valence-corrected chi connectivity index (χ3v) is 5.91. The number of halogens is 1. The molecule has 3 aliphatic rings. The molecule has 1 aliphatic carbocycles. The summed E-state index contributed by atoms with van der Waals surface area (Å²) in [6.07, 6.45) is 5.13. The van der Waals surface area contributed by atoms with E-state index >= 15 is 0 Å². The first-order chi connectivity index (χ1) is 9.96. The topological polar surface area (TPSA) is 53.4 Å². The van der Waals surface area contributed by atoms with Crippen LogP contribution in [0.25, 0.3) is 0 Å². The van der Waals surface area contributed by atoms with Gasteiger partial charge in [0.2, 0.25) is 0 Å². The summed E-state index contributed by atoms with van der Waals surface area (Å²) >= 11 is 2.34. The minimum absolute atomic E-state index is 0.120. The standard InChI is InChI=1S/C15H21IN2O3/c1-4-20-13(19)15-7-14(8-15,9-16)21-12(15)11-5-17-18(6-11)10(2)3/h5-6,10,12H,4,7-9H2,1-3H3. The number of rotatable bonds is 5. The predicted octanol–water partition coefficient (Wildman–Crippen LogP) is 3.05. The van der Waals surface area contributed by atoms with E-state index in [-0.39, 0.29) is 17.7 Å².